The van der Waals surface area contributed by atoms with Gasteiger partial charge >= 0.3 is 0 Å². The molecule has 3 nitrogen and oxygen atoms in total. The minimum Gasteiger partial charge on any atom is -0.338 e. The Balaban J connectivity index is 1.95. The minimum absolute atomic E-state index is 0.202. The summed E-state index contributed by atoms with van der Waals surface area (Å²) in [6.45, 7) is 5.20. The molecule has 0 aromatic rings. The van der Waals surface area contributed by atoms with Gasteiger partial charge in [0.25, 0.3) is 0 Å². The van der Waals surface area contributed by atoms with Gasteiger partial charge in [0.05, 0.1) is 6.04 Å². The summed E-state index contributed by atoms with van der Waals surface area (Å²) in [7, 11) is 0. The molecule has 1 amide bonds. The molecule has 0 radical (unpaired) electrons. The lowest BCUT2D eigenvalue weighted by molar-refractivity contribution is -0.134. The van der Waals surface area contributed by atoms with Gasteiger partial charge in [0.15, 0.2) is 0 Å². The number of rotatable bonds is 3. The molecular weight excluding hydrogens is 212 g/mol. The Bertz CT molecular complexity index is 277. The first-order chi connectivity index (χ1) is 8.09. The van der Waals surface area contributed by atoms with E-state index in [9.17, 15) is 4.79 Å². The molecule has 3 heteroatoms. The largest absolute Gasteiger partial charge is 0.338 e. The first-order valence-corrected chi connectivity index (χ1v) is 7.15. The average Bonchev–Trinajstić information content (AvgIpc) is 2.70. The van der Waals surface area contributed by atoms with E-state index < -0.39 is 0 Å². The predicted molar refractivity (Wildman–Crippen MR) is 69.5 cm³/mol. The molecule has 0 bridgehead atoms. The number of fused-ring (bicyclic) bond motifs is 1. The average molecular weight is 238 g/mol. The summed E-state index contributed by atoms with van der Waals surface area (Å²) in [4.78, 5) is 14.4. The van der Waals surface area contributed by atoms with Crippen molar-refractivity contribution in [2.45, 2.75) is 64.5 Å². The first-order valence-electron chi connectivity index (χ1n) is 7.15. The van der Waals surface area contributed by atoms with Crippen molar-refractivity contribution in [3.63, 3.8) is 0 Å². The molecular formula is C14H26N2O. The van der Waals surface area contributed by atoms with E-state index in [1.54, 1.807) is 0 Å². The molecule has 17 heavy (non-hydrogen) atoms. The highest BCUT2D eigenvalue weighted by Gasteiger charge is 2.39. The zero-order chi connectivity index (χ0) is 12.4. The molecule has 1 heterocycles. The number of carbonyl (C=O) groups is 1. The molecule has 1 aliphatic carbocycles. The van der Waals surface area contributed by atoms with Crippen molar-refractivity contribution in [3.05, 3.63) is 0 Å². The van der Waals surface area contributed by atoms with Crippen LogP contribution in [0.3, 0.4) is 0 Å². The Hall–Kier alpha value is -0.570. The Morgan fingerprint density at radius 3 is 2.71 bits per heavy atom. The summed E-state index contributed by atoms with van der Waals surface area (Å²) >= 11 is 0. The monoisotopic (exact) mass is 238 g/mol. The van der Waals surface area contributed by atoms with Crippen LogP contribution in [0, 0.1) is 11.8 Å². The Labute approximate surface area is 105 Å². The van der Waals surface area contributed by atoms with Gasteiger partial charge < -0.3 is 10.6 Å². The molecule has 3 atom stereocenters. The highest BCUT2D eigenvalue weighted by Crippen LogP contribution is 2.36. The van der Waals surface area contributed by atoms with Crippen molar-refractivity contribution in [1.82, 2.24) is 4.90 Å². The van der Waals surface area contributed by atoms with Crippen molar-refractivity contribution >= 4 is 5.91 Å². The van der Waals surface area contributed by atoms with Crippen LogP contribution in [0.4, 0.5) is 0 Å². The second-order valence-electron chi connectivity index (χ2n) is 6.17. The van der Waals surface area contributed by atoms with E-state index in [0.717, 1.165) is 18.9 Å². The van der Waals surface area contributed by atoms with Crippen molar-refractivity contribution in [1.29, 1.82) is 0 Å². The zero-order valence-corrected chi connectivity index (χ0v) is 11.2. The molecule has 0 aromatic carbocycles. The zero-order valence-electron chi connectivity index (χ0n) is 11.2. The van der Waals surface area contributed by atoms with E-state index in [2.05, 4.69) is 18.7 Å². The fraction of sp³-hybridized carbons (Fsp3) is 0.929. The molecule has 1 aliphatic heterocycles. The van der Waals surface area contributed by atoms with E-state index in [-0.39, 0.29) is 11.9 Å². The van der Waals surface area contributed by atoms with Crippen LogP contribution >= 0.6 is 0 Å². The molecule has 0 aromatic heterocycles. The van der Waals surface area contributed by atoms with Crippen LogP contribution in [0.5, 0.6) is 0 Å². The molecule has 3 unspecified atom stereocenters. The van der Waals surface area contributed by atoms with Crippen LogP contribution in [-0.2, 0) is 4.79 Å². The molecule has 0 spiro atoms. The van der Waals surface area contributed by atoms with E-state index in [1.807, 2.05) is 0 Å². The lowest BCUT2D eigenvalue weighted by atomic mass is 9.85. The summed E-state index contributed by atoms with van der Waals surface area (Å²) < 4.78 is 0. The highest BCUT2D eigenvalue weighted by molar-refractivity contribution is 5.82. The third kappa shape index (κ3) is 2.82. The topological polar surface area (TPSA) is 46.3 Å². The Kier molecular flexibility index (Phi) is 4.08. The number of nitrogens with zero attached hydrogens (tertiary/aromatic N) is 1. The van der Waals surface area contributed by atoms with Crippen molar-refractivity contribution in [2.75, 3.05) is 6.54 Å². The van der Waals surface area contributed by atoms with Gasteiger partial charge in [0.2, 0.25) is 5.91 Å². The van der Waals surface area contributed by atoms with Gasteiger partial charge in [-0.1, -0.05) is 26.7 Å². The first kappa shape index (κ1) is 12.9. The number of hydrogen-bond donors (Lipinski definition) is 1. The smallest absolute Gasteiger partial charge is 0.239 e. The third-order valence-electron chi connectivity index (χ3n) is 4.34. The normalized spacial score (nSPS) is 30.5. The van der Waals surface area contributed by atoms with Gasteiger partial charge in [-0.15, -0.1) is 0 Å². The number of likely N-dealkylation sites (tertiary alicyclic amines) is 1. The summed E-state index contributed by atoms with van der Waals surface area (Å²) in [6, 6.07) is 0.227. The maximum absolute atomic E-state index is 12.3. The van der Waals surface area contributed by atoms with Gasteiger partial charge in [-0.2, -0.15) is 0 Å². The molecule has 2 fully saturated rings. The molecule has 2 aliphatic rings. The molecule has 98 valence electrons. The van der Waals surface area contributed by atoms with Crippen LogP contribution in [0.2, 0.25) is 0 Å². The van der Waals surface area contributed by atoms with Crippen LogP contribution < -0.4 is 5.73 Å². The number of hydrogen-bond acceptors (Lipinski definition) is 2. The minimum atomic E-state index is -0.282. The molecule has 1 saturated heterocycles. The fourth-order valence-electron chi connectivity index (χ4n) is 3.50. The SMILES string of the molecule is CC(C)CC(N)C(=O)N1CCC2CCCCC21. The van der Waals surface area contributed by atoms with Crippen LogP contribution in [0.1, 0.15) is 52.4 Å². The summed E-state index contributed by atoms with van der Waals surface area (Å²) in [5.41, 5.74) is 6.03. The Morgan fingerprint density at radius 2 is 2.00 bits per heavy atom. The number of amides is 1. The standard InChI is InChI=1S/C14H26N2O/c1-10(2)9-12(15)14(17)16-8-7-11-5-3-4-6-13(11)16/h10-13H,3-9,15H2,1-2H3. The van der Waals surface area contributed by atoms with Crippen LogP contribution in [0.25, 0.3) is 0 Å². The maximum Gasteiger partial charge on any atom is 0.239 e. The lowest BCUT2D eigenvalue weighted by Crippen LogP contribution is -2.48. The van der Waals surface area contributed by atoms with Gasteiger partial charge in [-0.25, -0.2) is 0 Å². The quantitative estimate of drug-likeness (QED) is 0.819. The number of carbonyl (C=O) groups excluding carboxylic acids is 1. The van der Waals surface area contributed by atoms with Gasteiger partial charge in [-0.3, -0.25) is 4.79 Å². The second kappa shape index (κ2) is 5.38. The summed E-state index contributed by atoms with van der Waals surface area (Å²) in [6.07, 6.45) is 7.15. The highest BCUT2D eigenvalue weighted by atomic mass is 16.2. The third-order valence-corrected chi connectivity index (χ3v) is 4.34. The molecule has 2 rings (SSSR count). The summed E-state index contributed by atoms with van der Waals surface area (Å²) in [5, 5.41) is 0. The summed E-state index contributed by atoms with van der Waals surface area (Å²) in [5.74, 6) is 1.46. The predicted octanol–water partition coefficient (Wildman–Crippen LogP) is 2.15. The van der Waals surface area contributed by atoms with Crippen molar-refractivity contribution in [2.24, 2.45) is 17.6 Å². The molecule has 1 saturated carbocycles. The van der Waals surface area contributed by atoms with Crippen LogP contribution in [-0.4, -0.2) is 29.4 Å². The van der Waals surface area contributed by atoms with Gasteiger partial charge in [0, 0.05) is 12.6 Å². The van der Waals surface area contributed by atoms with Gasteiger partial charge in [0.1, 0.15) is 0 Å². The lowest BCUT2D eigenvalue weighted by Gasteiger charge is -2.33. The maximum atomic E-state index is 12.3. The van der Waals surface area contributed by atoms with Crippen LogP contribution in [0.15, 0.2) is 0 Å². The van der Waals surface area contributed by atoms with Gasteiger partial charge in [-0.05, 0) is 37.5 Å². The van der Waals surface area contributed by atoms with E-state index in [1.165, 1.54) is 32.1 Å². The Morgan fingerprint density at radius 1 is 1.29 bits per heavy atom. The van der Waals surface area contributed by atoms with E-state index in [4.69, 9.17) is 5.73 Å². The fourth-order valence-corrected chi connectivity index (χ4v) is 3.50. The molecule has 2 N–H and O–H groups in total. The van der Waals surface area contributed by atoms with Crippen molar-refractivity contribution < 1.29 is 4.79 Å². The van der Waals surface area contributed by atoms with Crippen molar-refractivity contribution in [3.8, 4) is 0 Å². The van der Waals surface area contributed by atoms with E-state index >= 15 is 0 Å². The number of nitrogens with two attached hydrogens (primary N) is 1. The van der Waals surface area contributed by atoms with E-state index in [0.29, 0.717) is 12.0 Å². The second-order valence-corrected chi connectivity index (χ2v) is 6.17.